The second-order valence-corrected chi connectivity index (χ2v) is 5.02. The topological polar surface area (TPSA) is 132 Å². The molecule has 2 rings (SSSR count). The molecule has 0 saturated carbocycles. The van der Waals surface area contributed by atoms with Gasteiger partial charge in [-0.25, -0.2) is 0 Å². The summed E-state index contributed by atoms with van der Waals surface area (Å²) >= 11 is 0. The van der Waals surface area contributed by atoms with Gasteiger partial charge in [0.2, 0.25) is 5.91 Å². The molecule has 110 valence electrons. The molecular weight excluding hydrogens is 278 g/mol. The van der Waals surface area contributed by atoms with Gasteiger partial charge >= 0.3 is 5.97 Å². The Morgan fingerprint density at radius 1 is 1.14 bits per heavy atom. The zero-order chi connectivity index (χ0) is 15.8. The number of aliphatic carboxylic acids is 1. The van der Waals surface area contributed by atoms with Crippen LogP contribution in [-0.2, 0) is 9.59 Å². The van der Waals surface area contributed by atoms with Gasteiger partial charge in [0.05, 0.1) is 16.5 Å². The lowest BCUT2D eigenvalue weighted by Gasteiger charge is -2.18. The fraction of sp³-hybridized carbons (Fsp3) is 0.231. The molecule has 4 N–H and O–H groups in total. The second kappa shape index (κ2) is 4.89. The van der Waals surface area contributed by atoms with Crippen molar-refractivity contribution in [2.24, 2.45) is 5.41 Å². The normalized spacial score (nSPS) is 11.3. The van der Waals surface area contributed by atoms with Crippen molar-refractivity contribution in [2.45, 2.75) is 13.8 Å². The number of aromatic nitrogens is 2. The standard InChI is InChI=1S/C13H13N3O5/c1-13(2,12(20)21)11(19)14-7-5-3-4-6-8(7)10(18)16-15-9(6)17/h3-5H,1-2H3,(H,14,19)(H,15,17)(H,16,18)(H,20,21). The summed E-state index contributed by atoms with van der Waals surface area (Å²) in [4.78, 5) is 46.5. The van der Waals surface area contributed by atoms with Gasteiger partial charge in [0, 0.05) is 0 Å². The van der Waals surface area contributed by atoms with Crippen LogP contribution in [-0.4, -0.2) is 27.2 Å². The van der Waals surface area contributed by atoms with Crippen LogP contribution in [0.2, 0.25) is 0 Å². The Morgan fingerprint density at radius 3 is 2.38 bits per heavy atom. The molecule has 8 nitrogen and oxygen atoms in total. The fourth-order valence-electron chi connectivity index (χ4n) is 1.71. The third-order valence-corrected chi connectivity index (χ3v) is 3.18. The Hall–Kier alpha value is -2.90. The van der Waals surface area contributed by atoms with E-state index in [9.17, 15) is 19.2 Å². The number of rotatable bonds is 3. The van der Waals surface area contributed by atoms with Gasteiger partial charge in [0.25, 0.3) is 11.1 Å². The molecule has 1 aromatic carbocycles. The van der Waals surface area contributed by atoms with E-state index in [1.807, 2.05) is 0 Å². The van der Waals surface area contributed by atoms with E-state index in [2.05, 4.69) is 15.5 Å². The summed E-state index contributed by atoms with van der Waals surface area (Å²) < 4.78 is 0. The number of aromatic amines is 2. The summed E-state index contributed by atoms with van der Waals surface area (Å²) in [6, 6.07) is 4.34. The molecule has 8 heteroatoms. The molecule has 1 amide bonds. The maximum Gasteiger partial charge on any atom is 0.318 e. The van der Waals surface area contributed by atoms with Crippen molar-refractivity contribution in [3.05, 3.63) is 38.9 Å². The SMILES string of the molecule is CC(C)(C(=O)O)C(=O)Nc1cccc2c(=O)[nH][nH]c(=O)c12. The number of carbonyl (C=O) groups excluding carboxylic acids is 1. The number of amides is 1. The highest BCUT2D eigenvalue weighted by Crippen LogP contribution is 2.22. The molecular formula is C13H13N3O5. The second-order valence-electron chi connectivity index (χ2n) is 5.02. The zero-order valence-corrected chi connectivity index (χ0v) is 11.3. The average molecular weight is 291 g/mol. The van der Waals surface area contributed by atoms with Crippen LogP contribution < -0.4 is 16.4 Å². The summed E-state index contributed by atoms with van der Waals surface area (Å²) in [6.45, 7) is 2.49. The van der Waals surface area contributed by atoms with Crippen molar-refractivity contribution < 1.29 is 14.7 Å². The molecule has 0 aliphatic heterocycles. The van der Waals surface area contributed by atoms with E-state index in [0.29, 0.717) is 0 Å². The maximum absolute atomic E-state index is 12.0. The summed E-state index contributed by atoms with van der Waals surface area (Å²) in [5, 5.41) is 15.8. The minimum absolute atomic E-state index is 0.00390. The number of hydrogen-bond acceptors (Lipinski definition) is 4. The Balaban J connectivity index is 2.57. The smallest absolute Gasteiger partial charge is 0.318 e. The van der Waals surface area contributed by atoms with Crippen LogP contribution in [0.3, 0.4) is 0 Å². The quantitative estimate of drug-likeness (QED) is 0.602. The first-order chi connectivity index (χ1) is 9.75. The van der Waals surface area contributed by atoms with Gasteiger partial charge in [0.15, 0.2) is 0 Å². The summed E-state index contributed by atoms with van der Waals surface area (Å²) in [6.07, 6.45) is 0. The number of anilines is 1. The molecule has 0 aliphatic carbocycles. The van der Waals surface area contributed by atoms with Gasteiger partial charge in [-0.05, 0) is 26.0 Å². The van der Waals surface area contributed by atoms with Crippen molar-refractivity contribution >= 4 is 28.3 Å². The van der Waals surface area contributed by atoms with Gasteiger partial charge in [0.1, 0.15) is 5.41 Å². The van der Waals surface area contributed by atoms with Crippen molar-refractivity contribution in [3.63, 3.8) is 0 Å². The molecule has 21 heavy (non-hydrogen) atoms. The van der Waals surface area contributed by atoms with E-state index in [0.717, 1.165) is 0 Å². The van der Waals surface area contributed by atoms with Gasteiger partial charge < -0.3 is 10.4 Å². The molecule has 0 unspecified atom stereocenters. The number of H-pyrrole nitrogens is 2. The van der Waals surface area contributed by atoms with Crippen LogP contribution in [0.1, 0.15) is 13.8 Å². The van der Waals surface area contributed by atoms with E-state index in [4.69, 9.17) is 5.11 Å². The van der Waals surface area contributed by atoms with E-state index in [-0.39, 0.29) is 16.5 Å². The number of nitrogens with one attached hydrogen (secondary N) is 3. The highest BCUT2D eigenvalue weighted by atomic mass is 16.4. The van der Waals surface area contributed by atoms with Gasteiger partial charge in [-0.3, -0.25) is 29.4 Å². The molecule has 0 aliphatic rings. The van der Waals surface area contributed by atoms with Crippen molar-refractivity contribution in [1.29, 1.82) is 0 Å². The zero-order valence-electron chi connectivity index (χ0n) is 11.3. The van der Waals surface area contributed by atoms with Gasteiger partial charge in [-0.1, -0.05) is 6.07 Å². The lowest BCUT2D eigenvalue weighted by atomic mass is 9.92. The Morgan fingerprint density at radius 2 is 1.76 bits per heavy atom. The minimum atomic E-state index is -1.67. The molecule has 0 bridgehead atoms. The number of carbonyl (C=O) groups is 2. The number of fused-ring (bicyclic) bond motifs is 1. The third kappa shape index (κ3) is 2.42. The Bertz CT molecular complexity index is 847. The van der Waals surface area contributed by atoms with Crippen LogP contribution in [0.15, 0.2) is 27.8 Å². The number of carboxylic acid groups (broad SMARTS) is 1. The highest BCUT2D eigenvalue weighted by molar-refractivity contribution is 6.10. The Labute approximate surface area is 117 Å². The van der Waals surface area contributed by atoms with Crippen LogP contribution in [0.25, 0.3) is 10.8 Å². The molecule has 1 heterocycles. The summed E-state index contributed by atoms with van der Waals surface area (Å²) in [5.74, 6) is -2.09. The first-order valence-corrected chi connectivity index (χ1v) is 6.03. The molecule has 1 aromatic heterocycles. The maximum atomic E-state index is 12.0. The largest absolute Gasteiger partial charge is 0.480 e. The van der Waals surface area contributed by atoms with E-state index in [1.165, 1.54) is 32.0 Å². The van der Waals surface area contributed by atoms with Gasteiger partial charge in [-0.15, -0.1) is 0 Å². The third-order valence-electron chi connectivity index (χ3n) is 3.18. The number of hydrogen-bond donors (Lipinski definition) is 4. The predicted octanol–water partition coefficient (Wildman–Crippen LogP) is 0.266. The van der Waals surface area contributed by atoms with Crippen molar-refractivity contribution in [1.82, 2.24) is 10.2 Å². The van der Waals surface area contributed by atoms with E-state index in [1.54, 1.807) is 0 Å². The monoisotopic (exact) mass is 291 g/mol. The lowest BCUT2D eigenvalue weighted by Crippen LogP contribution is -2.38. The number of benzene rings is 1. The molecule has 0 fully saturated rings. The van der Waals surface area contributed by atoms with Crippen molar-refractivity contribution in [2.75, 3.05) is 5.32 Å². The number of carboxylic acids is 1. The lowest BCUT2D eigenvalue weighted by molar-refractivity contribution is -0.151. The van der Waals surface area contributed by atoms with Crippen LogP contribution in [0.4, 0.5) is 5.69 Å². The molecule has 0 radical (unpaired) electrons. The van der Waals surface area contributed by atoms with E-state index >= 15 is 0 Å². The minimum Gasteiger partial charge on any atom is -0.480 e. The van der Waals surface area contributed by atoms with Crippen LogP contribution >= 0.6 is 0 Å². The Kier molecular flexibility index (Phi) is 3.38. The highest BCUT2D eigenvalue weighted by Gasteiger charge is 2.36. The van der Waals surface area contributed by atoms with Crippen LogP contribution in [0.5, 0.6) is 0 Å². The summed E-state index contributed by atoms with van der Waals surface area (Å²) in [7, 11) is 0. The first-order valence-electron chi connectivity index (χ1n) is 6.03. The van der Waals surface area contributed by atoms with Gasteiger partial charge in [-0.2, -0.15) is 0 Å². The molecule has 0 atom stereocenters. The molecule has 0 saturated heterocycles. The van der Waals surface area contributed by atoms with Crippen LogP contribution in [0, 0.1) is 5.41 Å². The fourth-order valence-corrected chi connectivity index (χ4v) is 1.71. The molecule has 0 spiro atoms. The summed E-state index contributed by atoms with van der Waals surface area (Å²) in [5.41, 5.74) is -2.69. The molecule has 2 aromatic rings. The predicted molar refractivity (Wildman–Crippen MR) is 75.2 cm³/mol. The first kappa shape index (κ1) is 14.5. The average Bonchev–Trinajstić information content (AvgIpc) is 2.42. The van der Waals surface area contributed by atoms with E-state index < -0.39 is 28.4 Å². The van der Waals surface area contributed by atoms with Crippen molar-refractivity contribution in [3.8, 4) is 0 Å².